The summed E-state index contributed by atoms with van der Waals surface area (Å²) < 4.78 is 101. The Bertz CT molecular complexity index is 565. The Morgan fingerprint density at radius 3 is 1.96 bits per heavy atom. The second kappa shape index (κ2) is 6.45. The predicted molar refractivity (Wildman–Crippen MR) is 67.6 cm³/mol. The average molecular weight is 367 g/mol. The van der Waals surface area contributed by atoms with Gasteiger partial charge >= 0.3 is 17.6 Å². The molecule has 0 aromatic heterocycles. The van der Waals surface area contributed by atoms with Crippen LogP contribution in [0.15, 0.2) is 0 Å². The molecule has 0 aromatic rings. The van der Waals surface area contributed by atoms with Crippen molar-refractivity contribution in [2.75, 3.05) is 19.6 Å². The van der Waals surface area contributed by atoms with Crippen LogP contribution >= 0.6 is 0 Å². The molecule has 1 aliphatic rings. The van der Waals surface area contributed by atoms with E-state index in [0.29, 0.717) is 0 Å². The number of rotatable bonds is 5. The number of alkyl halides is 6. The van der Waals surface area contributed by atoms with E-state index < -0.39 is 52.8 Å². The van der Waals surface area contributed by atoms with Crippen LogP contribution in [-0.4, -0.2) is 66.9 Å². The molecular weight excluding hydrogens is 352 g/mol. The average Bonchev–Trinajstić information content (AvgIpc) is 2.41. The fourth-order valence-electron chi connectivity index (χ4n) is 2.36. The lowest BCUT2D eigenvalue weighted by molar-refractivity contribution is -0.226. The first-order valence-corrected chi connectivity index (χ1v) is 7.90. The van der Waals surface area contributed by atoms with Gasteiger partial charge in [-0.1, -0.05) is 0 Å². The first-order valence-electron chi connectivity index (χ1n) is 6.46. The maximum Gasteiger partial charge on any atom is 0.426 e. The third kappa shape index (κ3) is 3.27. The molecule has 2 atom stereocenters. The number of hydrogen-bond acceptors (Lipinski definition) is 4. The van der Waals surface area contributed by atoms with Gasteiger partial charge in [0.1, 0.15) is 0 Å². The lowest BCUT2D eigenvalue weighted by Gasteiger charge is -2.43. The predicted octanol–water partition coefficient (Wildman–Crippen LogP) is 1.73. The van der Waals surface area contributed by atoms with Crippen LogP contribution in [0.2, 0.25) is 0 Å². The maximum absolute atomic E-state index is 13.6. The molecule has 0 spiro atoms. The SMILES string of the molecule is CC1CN(S(=O)(=O)C(F)(F)C(F)(F)C(F)F)CC(C)N1CC#N. The third-order valence-corrected chi connectivity index (χ3v) is 5.55. The largest absolute Gasteiger partial charge is 0.426 e. The standard InChI is InChI=1S/C11H15F6N3O2S/c1-7-5-19(6-8(2)20(7)4-3-18)23(21,22)11(16,17)10(14,15)9(12)13/h7-9H,4-6H2,1-2H3. The second-order valence-corrected chi connectivity index (χ2v) is 7.27. The lowest BCUT2D eigenvalue weighted by Crippen LogP contribution is -2.63. The number of nitriles is 1. The maximum atomic E-state index is 13.6. The summed E-state index contributed by atoms with van der Waals surface area (Å²) >= 11 is 0. The van der Waals surface area contributed by atoms with Crippen molar-refractivity contribution in [3.8, 4) is 6.07 Å². The lowest BCUT2D eigenvalue weighted by atomic mass is 10.1. The summed E-state index contributed by atoms with van der Waals surface area (Å²) in [7, 11) is -6.01. The van der Waals surface area contributed by atoms with E-state index in [1.807, 2.05) is 6.07 Å². The zero-order valence-corrected chi connectivity index (χ0v) is 13.0. The van der Waals surface area contributed by atoms with E-state index in [1.54, 1.807) is 0 Å². The number of piperazine rings is 1. The van der Waals surface area contributed by atoms with Gasteiger partial charge in [-0.05, 0) is 13.8 Å². The van der Waals surface area contributed by atoms with Gasteiger partial charge in [0.05, 0.1) is 12.6 Å². The van der Waals surface area contributed by atoms with Gasteiger partial charge < -0.3 is 0 Å². The smallest absolute Gasteiger partial charge is 0.282 e. The molecule has 0 aromatic carbocycles. The van der Waals surface area contributed by atoms with E-state index in [9.17, 15) is 34.8 Å². The number of nitrogens with zero attached hydrogens (tertiary/aromatic N) is 3. The van der Waals surface area contributed by atoms with Gasteiger partial charge in [-0.15, -0.1) is 0 Å². The minimum absolute atomic E-state index is 0.0759. The molecule has 1 fully saturated rings. The first-order chi connectivity index (χ1) is 10.3. The molecule has 1 saturated heterocycles. The molecule has 134 valence electrons. The molecule has 1 heterocycles. The zero-order chi connectivity index (χ0) is 18.2. The molecule has 5 nitrogen and oxygen atoms in total. The third-order valence-electron chi connectivity index (χ3n) is 3.65. The molecule has 1 rings (SSSR count). The number of hydrogen-bond donors (Lipinski definition) is 0. The Balaban J connectivity index is 3.14. The molecular formula is C11H15F6N3O2S. The monoisotopic (exact) mass is 367 g/mol. The van der Waals surface area contributed by atoms with Gasteiger partial charge in [-0.2, -0.15) is 27.1 Å². The van der Waals surface area contributed by atoms with Gasteiger partial charge in [-0.3, -0.25) is 4.90 Å². The highest BCUT2D eigenvalue weighted by atomic mass is 32.2. The Hall–Kier alpha value is -1.06. The van der Waals surface area contributed by atoms with E-state index >= 15 is 0 Å². The summed E-state index contributed by atoms with van der Waals surface area (Å²) in [6, 6.07) is 0.375. The fraction of sp³-hybridized carbons (Fsp3) is 0.909. The summed E-state index contributed by atoms with van der Waals surface area (Å²) in [5, 5.41) is 2.71. The van der Waals surface area contributed by atoms with Crippen molar-refractivity contribution in [1.82, 2.24) is 9.21 Å². The van der Waals surface area contributed by atoms with Crippen molar-refractivity contribution in [3.05, 3.63) is 0 Å². The van der Waals surface area contributed by atoms with Crippen LogP contribution in [0.3, 0.4) is 0 Å². The Morgan fingerprint density at radius 1 is 1.17 bits per heavy atom. The topological polar surface area (TPSA) is 64.4 Å². The van der Waals surface area contributed by atoms with Gasteiger partial charge in [0.2, 0.25) is 0 Å². The Kier molecular flexibility index (Phi) is 5.60. The van der Waals surface area contributed by atoms with Crippen molar-refractivity contribution >= 4 is 10.0 Å². The van der Waals surface area contributed by atoms with Gasteiger partial charge in [0.15, 0.2) is 0 Å². The van der Waals surface area contributed by atoms with E-state index in [1.165, 1.54) is 18.7 Å². The molecule has 0 bridgehead atoms. The van der Waals surface area contributed by atoms with Crippen LogP contribution in [0, 0.1) is 11.3 Å². The number of halogens is 6. The molecule has 0 aliphatic carbocycles. The first kappa shape index (κ1) is 20.0. The van der Waals surface area contributed by atoms with Crippen LogP contribution in [0.1, 0.15) is 13.8 Å². The van der Waals surface area contributed by atoms with Crippen LogP contribution in [0.25, 0.3) is 0 Å². The number of sulfonamides is 1. The summed E-state index contributed by atoms with van der Waals surface area (Å²) in [6.07, 6.45) is -4.83. The van der Waals surface area contributed by atoms with Crippen LogP contribution < -0.4 is 0 Å². The van der Waals surface area contributed by atoms with Gasteiger partial charge in [0, 0.05) is 25.2 Å². The van der Waals surface area contributed by atoms with Crippen molar-refractivity contribution in [3.63, 3.8) is 0 Å². The molecule has 0 radical (unpaired) electrons. The minimum atomic E-state index is -6.01. The quantitative estimate of drug-likeness (QED) is 0.548. The van der Waals surface area contributed by atoms with Crippen LogP contribution in [0.4, 0.5) is 26.3 Å². The molecule has 23 heavy (non-hydrogen) atoms. The summed E-state index contributed by atoms with van der Waals surface area (Å²) in [6.45, 7) is 1.50. The van der Waals surface area contributed by atoms with E-state index in [0.717, 1.165) is 0 Å². The van der Waals surface area contributed by atoms with E-state index in [4.69, 9.17) is 5.26 Å². The molecule has 0 saturated carbocycles. The summed E-state index contributed by atoms with van der Waals surface area (Å²) in [5.41, 5.74) is 0. The summed E-state index contributed by atoms with van der Waals surface area (Å²) in [5.74, 6) is -6.01. The highest BCUT2D eigenvalue weighted by molar-refractivity contribution is 7.90. The minimum Gasteiger partial charge on any atom is -0.282 e. The highest BCUT2D eigenvalue weighted by Gasteiger charge is 2.72. The fourth-order valence-corrected chi connectivity index (χ4v) is 3.94. The van der Waals surface area contributed by atoms with Crippen LogP contribution in [-0.2, 0) is 10.0 Å². The molecule has 1 aliphatic heterocycles. The van der Waals surface area contributed by atoms with Crippen molar-refractivity contribution in [2.24, 2.45) is 0 Å². The molecule has 12 heteroatoms. The normalized spacial score (nSPS) is 25.6. The highest BCUT2D eigenvalue weighted by Crippen LogP contribution is 2.44. The molecule has 2 unspecified atom stereocenters. The zero-order valence-electron chi connectivity index (χ0n) is 12.2. The van der Waals surface area contributed by atoms with Crippen molar-refractivity contribution < 1.29 is 34.8 Å². The molecule has 0 N–H and O–H groups in total. The van der Waals surface area contributed by atoms with E-state index in [-0.39, 0.29) is 10.8 Å². The Labute approximate surface area is 129 Å². The second-order valence-electron chi connectivity index (χ2n) is 5.29. The van der Waals surface area contributed by atoms with Gasteiger partial charge in [-0.25, -0.2) is 17.2 Å². The van der Waals surface area contributed by atoms with Crippen LogP contribution in [0.5, 0.6) is 0 Å². The van der Waals surface area contributed by atoms with E-state index in [2.05, 4.69) is 0 Å². The van der Waals surface area contributed by atoms with Gasteiger partial charge in [0.25, 0.3) is 10.0 Å². The molecule has 0 amide bonds. The van der Waals surface area contributed by atoms with Crippen molar-refractivity contribution in [1.29, 1.82) is 5.26 Å². The Morgan fingerprint density at radius 2 is 1.61 bits per heavy atom. The summed E-state index contributed by atoms with van der Waals surface area (Å²) in [4.78, 5) is 1.50. The van der Waals surface area contributed by atoms with Crippen molar-refractivity contribution in [2.45, 2.75) is 43.5 Å².